The Morgan fingerprint density at radius 1 is 1.28 bits per heavy atom. The second-order valence-electron chi connectivity index (χ2n) is 6.65. The molecule has 0 bridgehead atoms. The van der Waals surface area contributed by atoms with Gasteiger partial charge in [0.2, 0.25) is 0 Å². The summed E-state index contributed by atoms with van der Waals surface area (Å²) in [7, 11) is -3.96. The van der Waals surface area contributed by atoms with Crippen LogP contribution >= 0.6 is 0 Å². The highest BCUT2D eigenvalue weighted by atomic mass is 32.2. The highest BCUT2D eigenvalue weighted by Crippen LogP contribution is 2.38. The number of sulfone groups is 1. The lowest BCUT2D eigenvalue weighted by atomic mass is 9.94. The third kappa shape index (κ3) is 4.93. The summed E-state index contributed by atoms with van der Waals surface area (Å²) in [6.07, 6.45) is 1.70. The third-order valence-corrected chi connectivity index (χ3v) is 6.81. The first kappa shape index (κ1) is 21.7. The fourth-order valence-corrected chi connectivity index (χ4v) is 5.42. The molecule has 0 amide bonds. The van der Waals surface area contributed by atoms with E-state index in [-0.39, 0.29) is 36.3 Å². The summed E-state index contributed by atoms with van der Waals surface area (Å²) in [5, 5.41) is -1.17. The van der Waals surface area contributed by atoms with Gasteiger partial charge in [-0.15, -0.1) is 0 Å². The van der Waals surface area contributed by atoms with Gasteiger partial charge in [-0.25, -0.2) is 13.2 Å². The van der Waals surface area contributed by atoms with Gasteiger partial charge in [0, 0.05) is 12.0 Å². The van der Waals surface area contributed by atoms with E-state index in [1.165, 1.54) is 30.3 Å². The van der Waals surface area contributed by atoms with Crippen molar-refractivity contribution in [3.05, 3.63) is 41.5 Å². The second kappa shape index (κ2) is 8.76. The van der Waals surface area contributed by atoms with E-state index < -0.39 is 39.2 Å². The van der Waals surface area contributed by atoms with E-state index in [0.29, 0.717) is 13.2 Å². The van der Waals surface area contributed by atoms with E-state index in [1.54, 1.807) is 6.92 Å². The molecule has 1 atom stereocenters. The molecule has 10 heteroatoms. The Morgan fingerprint density at radius 3 is 2.62 bits per heavy atom. The van der Waals surface area contributed by atoms with Crippen LogP contribution in [0, 0.1) is 0 Å². The predicted molar refractivity (Wildman–Crippen MR) is 98.1 cm³/mol. The van der Waals surface area contributed by atoms with Crippen molar-refractivity contribution in [1.82, 2.24) is 0 Å². The molecule has 1 heterocycles. The van der Waals surface area contributed by atoms with Gasteiger partial charge >= 0.3 is 12.6 Å². The van der Waals surface area contributed by atoms with E-state index in [0.717, 1.165) is 0 Å². The second-order valence-corrected chi connectivity index (χ2v) is 8.83. The zero-order valence-corrected chi connectivity index (χ0v) is 16.6. The largest absolute Gasteiger partial charge is 0.463 e. The van der Waals surface area contributed by atoms with Gasteiger partial charge in [-0.3, -0.25) is 0 Å². The van der Waals surface area contributed by atoms with Crippen molar-refractivity contribution in [2.45, 2.75) is 43.2 Å². The summed E-state index contributed by atoms with van der Waals surface area (Å²) < 4.78 is 72.2. The van der Waals surface area contributed by atoms with E-state index in [2.05, 4.69) is 4.74 Å². The van der Waals surface area contributed by atoms with Crippen LogP contribution in [0.1, 0.15) is 25.3 Å². The van der Waals surface area contributed by atoms with E-state index in [9.17, 15) is 22.0 Å². The van der Waals surface area contributed by atoms with Gasteiger partial charge in [0.1, 0.15) is 5.75 Å². The van der Waals surface area contributed by atoms with Crippen LogP contribution in [0.5, 0.6) is 5.75 Å². The number of carbonyl (C=O) groups excluding carboxylic acids is 1. The van der Waals surface area contributed by atoms with Crippen LogP contribution in [0.3, 0.4) is 0 Å². The molecule has 1 saturated heterocycles. The summed E-state index contributed by atoms with van der Waals surface area (Å²) in [5.74, 6) is -2.68. The first-order chi connectivity index (χ1) is 13.8. The number of carbonyl (C=O) groups is 1. The summed E-state index contributed by atoms with van der Waals surface area (Å²) in [6.45, 7) is -0.728. The van der Waals surface area contributed by atoms with Crippen LogP contribution in [0.15, 0.2) is 35.9 Å². The van der Waals surface area contributed by atoms with Crippen molar-refractivity contribution in [2.24, 2.45) is 0 Å². The highest BCUT2D eigenvalue weighted by molar-refractivity contribution is 7.91. The van der Waals surface area contributed by atoms with Gasteiger partial charge in [-0.05, 0) is 25.5 Å². The van der Waals surface area contributed by atoms with Crippen LogP contribution in [0.2, 0.25) is 0 Å². The number of esters is 1. The van der Waals surface area contributed by atoms with Gasteiger partial charge in [-0.2, -0.15) is 8.78 Å². The molecule has 0 N–H and O–H groups in total. The molecule has 1 spiro atoms. The Hall–Kier alpha value is -2.04. The van der Waals surface area contributed by atoms with Crippen molar-refractivity contribution in [3.8, 4) is 5.75 Å². The fraction of sp³-hybridized carbons (Fsp3) is 0.526. The Kier molecular flexibility index (Phi) is 6.55. The molecule has 7 nitrogen and oxygen atoms in total. The Balaban J connectivity index is 1.92. The van der Waals surface area contributed by atoms with E-state index >= 15 is 0 Å². The van der Waals surface area contributed by atoms with Gasteiger partial charge < -0.3 is 18.9 Å². The molecular formula is C19H22F2O7S. The number of benzene rings is 1. The van der Waals surface area contributed by atoms with Gasteiger partial charge in [0.15, 0.2) is 15.6 Å². The molecule has 1 unspecified atom stereocenters. The fourth-order valence-electron chi connectivity index (χ4n) is 3.52. The average molecular weight is 432 g/mol. The molecule has 0 radical (unpaired) electrons. The molecule has 1 aromatic carbocycles. The summed E-state index contributed by atoms with van der Waals surface area (Å²) in [5.41, 5.74) is 0.0249. The Morgan fingerprint density at radius 2 is 1.97 bits per heavy atom. The topological polar surface area (TPSA) is 88.1 Å². The maximum Gasteiger partial charge on any atom is 0.387 e. The third-order valence-electron chi connectivity index (χ3n) is 4.74. The molecule has 2 aliphatic rings. The van der Waals surface area contributed by atoms with Crippen LogP contribution in [-0.2, 0) is 34.6 Å². The summed E-state index contributed by atoms with van der Waals surface area (Å²) in [6, 6.07) is 5.67. The van der Waals surface area contributed by atoms with Crippen LogP contribution in [-0.4, -0.2) is 51.9 Å². The number of halogens is 2. The van der Waals surface area contributed by atoms with Crippen molar-refractivity contribution >= 4 is 15.8 Å². The molecule has 0 saturated carbocycles. The van der Waals surface area contributed by atoms with Crippen LogP contribution < -0.4 is 4.74 Å². The lowest BCUT2D eigenvalue weighted by Crippen LogP contribution is -2.40. The van der Waals surface area contributed by atoms with Crippen molar-refractivity contribution < 1.29 is 40.9 Å². The quantitative estimate of drug-likeness (QED) is 0.612. The maximum atomic E-state index is 13.1. The normalized spacial score (nSPS) is 21.2. The number of ether oxygens (including phenoxy) is 4. The average Bonchev–Trinajstić information content (AvgIpc) is 3.10. The zero-order chi connectivity index (χ0) is 21.1. The van der Waals surface area contributed by atoms with Crippen molar-refractivity contribution in [1.29, 1.82) is 0 Å². The molecule has 1 aromatic rings. The standard InChI is InChI=1S/C19H22F2O7S/c1-2-25-17(22)14-11-19(26-9-10-27-19)8-7-16(14)29(23,24)12-13-5-3-4-6-15(13)28-18(20)21/h3-6,11,16,18H,2,7-10,12H2,1H3. The lowest BCUT2D eigenvalue weighted by Gasteiger charge is -2.33. The van der Waals surface area contributed by atoms with Crippen LogP contribution in [0.25, 0.3) is 0 Å². The molecule has 0 aromatic heterocycles. The van der Waals surface area contributed by atoms with Gasteiger partial charge in [-0.1, -0.05) is 18.2 Å². The number of rotatable bonds is 7. The first-order valence-corrected chi connectivity index (χ1v) is 10.9. The smallest absolute Gasteiger partial charge is 0.387 e. The molecule has 1 aliphatic carbocycles. The van der Waals surface area contributed by atoms with E-state index in [1.807, 2.05) is 0 Å². The monoisotopic (exact) mass is 432 g/mol. The number of alkyl halides is 2. The van der Waals surface area contributed by atoms with Crippen molar-refractivity contribution in [3.63, 3.8) is 0 Å². The zero-order valence-electron chi connectivity index (χ0n) is 15.8. The molecule has 1 aliphatic heterocycles. The number of para-hydroxylation sites is 1. The molecule has 160 valence electrons. The SMILES string of the molecule is CCOC(=O)C1=CC2(CCC1S(=O)(=O)Cc1ccccc1OC(F)F)OCCO2. The summed E-state index contributed by atoms with van der Waals surface area (Å²) in [4.78, 5) is 12.5. The van der Waals surface area contributed by atoms with Gasteiger partial charge in [0.25, 0.3) is 0 Å². The molecular weight excluding hydrogens is 410 g/mol. The molecule has 29 heavy (non-hydrogen) atoms. The van der Waals surface area contributed by atoms with Crippen molar-refractivity contribution in [2.75, 3.05) is 19.8 Å². The highest BCUT2D eigenvalue weighted by Gasteiger charge is 2.46. The predicted octanol–water partition coefficient (Wildman–Crippen LogP) is 2.60. The minimum Gasteiger partial charge on any atom is -0.463 e. The number of hydrogen-bond donors (Lipinski definition) is 0. The number of hydrogen-bond acceptors (Lipinski definition) is 7. The minimum atomic E-state index is -3.96. The first-order valence-electron chi connectivity index (χ1n) is 9.18. The Bertz CT molecular complexity index is 876. The lowest BCUT2D eigenvalue weighted by molar-refractivity contribution is -0.143. The summed E-state index contributed by atoms with van der Waals surface area (Å²) >= 11 is 0. The molecule has 3 rings (SSSR count). The van der Waals surface area contributed by atoms with Gasteiger partial charge in [0.05, 0.1) is 36.4 Å². The molecule has 1 fully saturated rings. The minimum absolute atomic E-state index is 0.0627. The Labute approximate surface area is 167 Å². The van der Waals surface area contributed by atoms with E-state index in [4.69, 9.17) is 14.2 Å². The maximum absolute atomic E-state index is 13.1. The van der Waals surface area contributed by atoms with Crippen LogP contribution in [0.4, 0.5) is 8.78 Å².